The number of nitrogens with two attached hydrogens (primary N) is 1. The summed E-state index contributed by atoms with van der Waals surface area (Å²) in [6, 6.07) is 4.90. The lowest BCUT2D eigenvalue weighted by Gasteiger charge is -2.33. The van der Waals surface area contributed by atoms with E-state index in [0.29, 0.717) is 19.5 Å². The Morgan fingerprint density at radius 2 is 1.84 bits per heavy atom. The molecule has 1 aromatic rings. The average molecular weight is 397 g/mol. The van der Waals surface area contributed by atoms with Crippen molar-refractivity contribution in [2.45, 2.75) is 37.4 Å². The predicted octanol–water partition coefficient (Wildman–Crippen LogP) is 3.91. The highest BCUT2D eigenvalue weighted by Gasteiger charge is 2.31. The second-order valence-electron chi connectivity index (χ2n) is 6.11. The largest absolute Gasteiger partial charge is 0.416 e. The molecule has 0 radical (unpaired) electrons. The van der Waals surface area contributed by atoms with Crippen LogP contribution < -0.4 is 5.73 Å². The van der Waals surface area contributed by atoms with Gasteiger partial charge in [-0.15, -0.1) is 12.4 Å². The number of benzene rings is 1. The molecule has 0 aliphatic carbocycles. The van der Waals surface area contributed by atoms with Crippen molar-refractivity contribution >= 4 is 30.1 Å². The molecule has 1 atom stereocenters. The number of likely N-dealkylation sites (tertiary alicyclic amines) is 1. The van der Waals surface area contributed by atoms with Gasteiger partial charge in [0.15, 0.2) is 0 Å². The van der Waals surface area contributed by atoms with Crippen molar-refractivity contribution < 1.29 is 18.0 Å². The number of thioether (sulfide) groups is 1. The van der Waals surface area contributed by atoms with Gasteiger partial charge in [0.05, 0.1) is 11.6 Å². The van der Waals surface area contributed by atoms with Gasteiger partial charge in [0.2, 0.25) is 5.91 Å². The van der Waals surface area contributed by atoms with Crippen LogP contribution in [0.25, 0.3) is 0 Å². The number of hydrogen-bond donors (Lipinski definition) is 1. The molecule has 0 saturated carbocycles. The lowest BCUT2D eigenvalue weighted by molar-refractivity contribution is -0.137. The summed E-state index contributed by atoms with van der Waals surface area (Å²) in [6.45, 7) is 1.22. The lowest BCUT2D eigenvalue weighted by atomic mass is 9.88. The normalized spacial score (nSPS) is 17.1. The molecule has 8 heteroatoms. The molecule has 1 unspecified atom stereocenters. The van der Waals surface area contributed by atoms with E-state index < -0.39 is 17.8 Å². The summed E-state index contributed by atoms with van der Waals surface area (Å²) < 4.78 is 37.8. The van der Waals surface area contributed by atoms with Gasteiger partial charge in [-0.2, -0.15) is 24.9 Å². The van der Waals surface area contributed by atoms with E-state index in [-0.39, 0.29) is 24.2 Å². The van der Waals surface area contributed by atoms with Crippen LogP contribution in [0.4, 0.5) is 13.2 Å². The van der Waals surface area contributed by atoms with E-state index in [2.05, 4.69) is 0 Å². The van der Waals surface area contributed by atoms with Gasteiger partial charge >= 0.3 is 6.18 Å². The molecule has 1 aliphatic heterocycles. The van der Waals surface area contributed by atoms with Gasteiger partial charge in [-0.3, -0.25) is 4.79 Å². The van der Waals surface area contributed by atoms with Crippen molar-refractivity contribution in [1.82, 2.24) is 4.90 Å². The highest BCUT2D eigenvalue weighted by Crippen LogP contribution is 2.33. The molecule has 1 heterocycles. The molecule has 1 aromatic carbocycles. The van der Waals surface area contributed by atoms with Crippen molar-refractivity contribution in [3.05, 3.63) is 35.4 Å². The molecule has 0 aromatic heterocycles. The minimum Gasteiger partial charge on any atom is -0.341 e. The Balaban J connectivity index is 0.00000312. The first-order chi connectivity index (χ1) is 11.3. The monoisotopic (exact) mass is 396 g/mol. The number of carbonyl (C=O) groups excluding carboxylic acids is 1. The van der Waals surface area contributed by atoms with Gasteiger partial charge in [-0.1, -0.05) is 12.1 Å². The zero-order valence-corrected chi connectivity index (χ0v) is 15.7. The van der Waals surface area contributed by atoms with Crippen LogP contribution in [0.1, 0.15) is 36.3 Å². The van der Waals surface area contributed by atoms with E-state index in [9.17, 15) is 18.0 Å². The number of hydrogen-bond acceptors (Lipinski definition) is 3. The summed E-state index contributed by atoms with van der Waals surface area (Å²) in [5.41, 5.74) is 6.20. The summed E-state index contributed by atoms with van der Waals surface area (Å²) in [7, 11) is 0. The van der Waals surface area contributed by atoms with Gasteiger partial charge in [-0.05, 0) is 54.9 Å². The second kappa shape index (κ2) is 9.69. The highest BCUT2D eigenvalue weighted by molar-refractivity contribution is 7.98. The van der Waals surface area contributed by atoms with E-state index in [0.717, 1.165) is 36.3 Å². The summed E-state index contributed by atoms with van der Waals surface area (Å²) >= 11 is 1.66. The zero-order chi connectivity index (χ0) is 17.7. The zero-order valence-electron chi connectivity index (χ0n) is 14.1. The second-order valence-corrected chi connectivity index (χ2v) is 7.09. The fourth-order valence-corrected chi connectivity index (χ4v) is 3.47. The summed E-state index contributed by atoms with van der Waals surface area (Å²) in [5.74, 6) is 1.03. The Morgan fingerprint density at radius 3 is 2.32 bits per heavy atom. The number of piperidine rings is 1. The highest BCUT2D eigenvalue weighted by atomic mass is 35.5. The van der Waals surface area contributed by atoms with Crippen LogP contribution in [0, 0.1) is 0 Å². The van der Waals surface area contributed by atoms with Gasteiger partial charge < -0.3 is 10.6 Å². The smallest absolute Gasteiger partial charge is 0.341 e. The van der Waals surface area contributed by atoms with Gasteiger partial charge in [-0.25, -0.2) is 0 Å². The lowest BCUT2D eigenvalue weighted by Crippen LogP contribution is -2.47. The number of nitrogens with zero attached hydrogens (tertiary/aromatic N) is 1. The molecule has 25 heavy (non-hydrogen) atoms. The number of halogens is 4. The molecular formula is C17H24ClF3N2OS. The van der Waals surface area contributed by atoms with Gasteiger partial charge in [0, 0.05) is 13.1 Å². The molecule has 1 amide bonds. The Bertz CT molecular complexity index is 546. The fourth-order valence-electron chi connectivity index (χ4n) is 2.98. The van der Waals surface area contributed by atoms with E-state index in [1.165, 1.54) is 0 Å². The number of alkyl halides is 3. The van der Waals surface area contributed by atoms with Crippen LogP contribution in [0.2, 0.25) is 0 Å². The van der Waals surface area contributed by atoms with Crippen LogP contribution in [0.3, 0.4) is 0 Å². The quantitative estimate of drug-likeness (QED) is 0.820. The van der Waals surface area contributed by atoms with Crippen molar-refractivity contribution in [3.8, 4) is 0 Å². The van der Waals surface area contributed by atoms with Crippen LogP contribution >= 0.6 is 24.2 Å². The summed E-state index contributed by atoms with van der Waals surface area (Å²) in [6.07, 6.45) is -0.147. The molecule has 2 rings (SSSR count). The Hall–Kier alpha value is -0.920. The van der Waals surface area contributed by atoms with Crippen molar-refractivity contribution in [3.63, 3.8) is 0 Å². The third-order valence-corrected chi connectivity index (χ3v) is 5.11. The number of amides is 1. The molecule has 1 aliphatic rings. The third-order valence-electron chi connectivity index (χ3n) is 4.47. The molecule has 0 spiro atoms. The minimum atomic E-state index is -4.30. The predicted molar refractivity (Wildman–Crippen MR) is 98.2 cm³/mol. The van der Waals surface area contributed by atoms with E-state index in [4.69, 9.17) is 5.73 Å². The molecule has 1 fully saturated rings. The summed E-state index contributed by atoms with van der Waals surface area (Å²) in [5, 5.41) is 0. The molecule has 1 saturated heterocycles. The minimum absolute atomic E-state index is 0. The summed E-state index contributed by atoms with van der Waals surface area (Å²) in [4.78, 5) is 14.1. The number of rotatable bonds is 5. The van der Waals surface area contributed by atoms with Crippen LogP contribution in [0.5, 0.6) is 0 Å². The number of carbonyl (C=O) groups is 1. The van der Waals surface area contributed by atoms with Crippen LogP contribution in [-0.2, 0) is 11.0 Å². The van der Waals surface area contributed by atoms with Crippen molar-refractivity contribution in [1.29, 1.82) is 0 Å². The van der Waals surface area contributed by atoms with Gasteiger partial charge in [0.1, 0.15) is 0 Å². The molecular weight excluding hydrogens is 373 g/mol. The molecule has 2 N–H and O–H groups in total. The van der Waals surface area contributed by atoms with E-state index in [1.54, 1.807) is 28.8 Å². The fraction of sp³-hybridized carbons (Fsp3) is 0.588. The SMILES string of the molecule is CSCCC(N)C(=O)N1CCC(c2ccc(C(F)(F)F)cc2)CC1.Cl. The van der Waals surface area contributed by atoms with Crippen LogP contribution in [-0.4, -0.2) is 41.9 Å². The third kappa shape index (κ3) is 6.08. The molecule has 0 bridgehead atoms. The maximum Gasteiger partial charge on any atom is 0.416 e. The standard InChI is InChI=1S/C17H23F3N2OS.ClH/c1-24-11-8-15(21)16(23)22-9-6-13(7-10-22)12-2-4-14(5-3-12)17(18,19)20;/h2-5,13,15H,6-11,21H2,1H3;1H. The molecule has 3 nitrogen and oxygen atoms in total. The van der Waals surface area contributed by atoms with Crippen LogP contribution in [0.15, 0.2) is 24.3 Å². The first kappa shape index (κ1) is 22.1. The van der Waals surface area contributed by atoms with E-state index in [1.807, 2.05) is 6.26 Å². The van der Waals surface area contributed by atoms with Crippen molar-refractivity contribution in [2.75, 3.05) is 25.1 Å². The van der Waals surface area contributed by atoms with Crippen molar-refractivity contribution in [2.24, 2.45) is 5.73 Å². The molecule has 142 valence electrons. The Morgan fingerprint density at radius 1 is 1.28 bits per heavy atom. The Labute approximate surface area is 156 Å². The topological polar surface area (TPSA) is 46.3 Å². The maximum atomic E-state index is 12.6. The first-order valence-electron chi connectivity index (χ1n) is 8.03. The first-order valence-corrected chi connectivity index (χ1v) is 9.42. The average Bonchev–Trinajstić information content (AvgIpc) is 2.58. The Kier molecular flexibility index (Phi) is 8.57. The maximum absolute atomic E-state index is 12.6. The van der Waals surface area contributed by atoms with Gasteiger partial charge in [0.25, 0.3) is 0 Å². The van der Waals surface area contributed by atoms with E-state index >= 15 is 0 Å².